The van der Waals surface area contributed by atoms with Gasteiger partial charge < -0.3 is 5.73 Å². The molecule has 0 aromatic heterocycles. The lowest BCUT2D eigenvalue weighted by atomic mass is 10.1. The molecule has 1 unspecified atom stereocenters. The molecule has 106 valence electrons. The van der Waals surface area contributed by atoms with E-state index in [-0.39, 0.29) is 0 Å². The van der Waals surface area contributed by atoms with Gasteiger partial charge in [-0.3, -0.25) is 4.21 Å². The number of benzene rings is 3. The van der Waals surface area contributed by atoms with E-state index in [9.17, 15) is 4.21 Å². The fourth-order valence-corrected chi connectivity index (χ4v) is 3.66. The summed E-state index contributed by atoms with van der Waals surface area (Å²) in [6, 6.07) is 19.9. The lowest BCUT2D eigenvalue weighted by Gasteiger charge is -2.08. The number of hydrogen-bond acceptors (Lipinski definition) is 2. The molecule has 0 aliphatic carbocycles. The number of hydrogen-bond donors (Lipinski definition) is 1. The zero-order valence-electron chi connectivity index (χ0n) is 11.9. The lowest BCUT2D eigenvalue weighted by Crippen LogP contribution is -1.99. The highest BCUT2D eigenvalue weighted by Gasteiger charge is 2.09. The Labute approximate surface area is 127 Å². The van der Waals surface area contributed by atoms with Crippen LogP contribution in [0.2, 0.25) is 0 Å². The van der Waals surface area contributed by atoms with E-state index in [1.54, 1.807) is 0 Å². The molecule has 0 fully saturated rings. The van der Waals surface area contributed by atoms with Crippen LogP contribution in [0.25, 0.3) is 10.8 Å². The van der Waals surface area contributed by atoms with Crippen molar-refractivity contribution in [2.45, 2.75) is 17.6 Å². The minimum atomic E-state index is -1.06. The van der Waals surface area contributed by atoms with E-state index in [4.69, 9.17) is 5.73 Å². The third-order valence-electron chi connectivity index (χ3n) is 3.67. The molecule has 0 heterocycles. The van der Waals surface area contributed by atoms with Crippen molar-refractivity contribution in [1.82, 2.24) is 0 Å². The standard InChI is InChI=1S/C18H17NOS/c1-13-11-16(9-10-18(13)19)21(20)12-15-7-4-6-14-5-2-3-8-17(14)15/h2-11H,12,19H2,1H3. The fraction of sp³-hybridized carbons (Fsp3) is 0.111. The summed E-state index contributed by atoms with van der Waals surface area (Å²) in [7, 11) is -1.06. The van der Waals surface area contributed by atoms with Crippen LogP contribution in [0.15, 0.2) is 65.6 Å². The Balaban J connectivity index is 1.94. The molecule has 0 saturated carbocycles. The quantitative estimate of drug-likeness (QED) is 0.741. The van der Waals surface area contributed by atoms with Gasteiger partial charge in [-0.25, -0.2) is 0 Å². The number of aryl methyl sites for hydroxylation is 1. The predicted octanol–water partition coefficient (Wildman–Crippen LogP) is 4.04. The molecule has 2 N–H and O–H groups in total. The van der Waals surface area contributed by atoms with Crippen LogP contribution in [-0.2, 0) is 16.6 Å². The van der Waals surface area contributed by atoms with Crippen molar-refractivity contribution in [3.8, 4) is 0 Å². The van der Waals surface area contributed by atoms with Gasteiger partial charge in [0.2, 0.25) is 0 Å². The molecule has 0 spiro atoms. The smallest absolute Gasteiger partial charge is 0.0574 e. The average molecular weight is 295 g/mol. The van der Waals surface area contributed by atoms with E-state index in [0.717, 1.165) is 21.7 Å². The molecule has 0 aliphatic rings. The van der Waals surface area contributed by atoms with E-state index in [1.165, 1.54) is 10.8 Å². The molecule has 0 aliphatic heterocycles. The summed E-state index contributed by atoms with van der Waals surface area (Å²) in [4.78, 5) is 0.828. The molecular formula is C18H17NOS. The van der Waals surface area contributed by atoms with Gasteiger partial charge in [-0.15, -0.1) is 0 Å². The number of fused-ring (bicyclic) bond motifs is 1. The van der Waals surface area contributed by atoms with E-state index < -0.39 is 10.8 Å². The van der Waals surface area contributed by atoms with E-state index >= 15 is 0 Å². The topological polar surface area (TPSA) is 43.1 Å². The number of anilines is 1. The zero-order valence-corrected chi connectivity index (χ0v) is 12.7. The van der Waals surface area contributed by atoms with Gasteiger partial charge in [0.05, 0.1) is 16.6 Å². The first-order valence-electron chi connectivity index (χ1n) is 6.86. The molecule has 0 saturated heterocycles. The number of nitrogens with two attached hydrogens (primary N) is 1. The van der Waals surface area contributed by atoms with Crippen molar-refractivity contribution >= 4 is 27.3 Å². The van der Waals surface area contributed by atoms with Crippen molar-refractivity contribution in [3.63, 3.8) is 0 Å². The molecule has 3 heteroatoms. The second-order valence-corrected chi connectivity index (χ2v) is 6.60. The van der Waals surface area contributed by atoms with Gasteiger partial charge >= 0.3 is 0 Å². The highest BCUT2D eigenvalue weighted by Crippen LogP contribution is 2.23. The third kappa shape index (κ3) is 2.83. The SMILES string of the molecule is Cc1cc(S(=O)Cc2cccc3ccccc23)ccc1N. The average Bonchev–Trinajstić information content (AvgIpc) is 2.50. The van der Waals surface area contributed by atoms with Crippen molar-refractivity contribution in [2.24, 2.45) is 0 Å². The van der Waals surface area contributed by atoms with Gasteiger partial charge in [-0.05, 0) is 47.0 Å². The van der Waals surface area contributed by atoms with Crippen LogP contribution in [0.4, 0.5) is 5.69 Å². The van der Waals surface area contributed by atoms with Crippen LogP contribution in [-0.4, -0.2) is 4.21 Å². The van der Waals surface area contributed by atoms with E-state index in [2.05, 4.69) is 18.2 Å². The first-order valence-corrected chi connectivity index (χ1v) is 8.18. The highest BCUT2D eigenvalue weighted by molar-refractivity contribution is 7.84. The van der Waals surface area contributed by atoms with Crippen molar-refractivity contribution in [3.05, 3.63) is 71.8 Å². The Kier molecular flexibility index (Phi) is 3.76. The second-order valence-electron chi connectivity index (χ2n) is 5.15. The van der Waals surface area contributed by atoms with Crippen LogP contribution >= 0.6 is 0 Å². The third-order valence-corrected chi connectivity index (χ3v) is 5.02. The Morgan fingerprint density at radius 2 is 1.76 bits per heavy atom. The van der Waals surface area contributed by atoms with Crippen LogP contribution in [0.5, 0.6) is 0 Å². The maximum absolute atomic E-state index is 12.6. The maximum Gasteiger partial charge on any atom is 0.0574 e. The van der Waals surface area contributed by atoms with Crippen LogP contribution < -0.4 is 5.73 Å². The summed E-state index contributed by atoms with van der Waals surface area (Å²) in [5.74, 6) is 0.519. The summed E-state index contributed by atoms with van der Waals surface area (Å²) in [6.45, 7) is 1.94. The monoisotopic (exact) mass is 295 g/mol. The van der Waals surface area contributed by atoms with Crippen molar-refractivity contribution < 1.29 is 4.21 Å². The van der Waals surface area contributed by atoms with Crippen LogP contribution in [0, 0.1) is 6.92 Å². The normalized spacial score (nSPS) is 12.4. The van der Waals surface area contributed by atoms with Gasteiger partial charge in [-0.2, -0.15) is 0 Å². The summed E-state index contributed by atoms with van der Waals surface area (Å²) < 4.78 is 12.6. The molecule has 3 rings (SSSR count). The first kappa shape index (κ1) is 13.8. The largest absolute Gasteiger partial charge is 0.399 e. The highest BCUT2D eigenvalue weighted by atomic mass is 32.2. The molecule has 0 bridgehead atoms. The molecule has 3 aromatic rings. The van der Waals surface area contributed by atoms with Crippen molar-refractivity contribution in [1.29, 1.82) is 0 Å². The van der Waals surface area contributed by atoms with Gasteiger partial charge in [-0.1, -0.05) is 42.5 Å². The van der Waals surface area contributed by atoms with E-state index in [0.29, 0.717) is 5.75 Å². The van der Waals surface area contributed by atoms with E-state index in [1.807, 2.05) is 49.4 Å². The Morgan fingerprint density at radius 3 is 2.57 bits per heavy atom. The molecular weight excluding hydrogens is 278 g/mol. The number of nitrogen functional groups attached to an aromatic ring is 1. The molecule has 1 atom stereocenters. The minimum absolute atomic E-state index is 0.519. The van der Waals surface area contributed by atoms with Crippen LogP contribution in [0.3, 0.4) is 0 Å². The molecule has 21 heavy (non-hydrogen) atoms. The van der Waals surface area contributed by atoms with Gasteiger partial charge in [0.15, 0.2) is 0 Å². The minimum Gasteiger partial charge on any atom is -0.399 e. The predicted molar refractivity (Wildman–Crippen MR) is 89.7 cm³/mol. The summed E-state index contributed by atoms with van der Waals surface area (Å²) in [6.07, 6.45) is 0. The Morgan fingerprint density at radius 1 is 1.00 bits per heavy atom. The second kappa shape index (κ2) is 5.70. The first-order chi connectivity index (χ1) is 10.1. The van der Waals surface area contributed by atoms with Gasteiger partial charge in [0.25, 0.3) is 0 Å². The number of rotatable bonds is 3. The zero-order chi connectivity index (χ0) is 14.8. The van der Waals surface area contributed by atoms with Gasteiger partial charge in [0.1, 0.15) is 0 Å². The maximum atomic E-state index is 12.6. The lowest BCUT2D eigenvalue weighted by molar-refractivity contribution is 0.682. The summed E-state index contributed by atoms with van der Waals surface area (Å²) >= 11 is 0. The summed E-state index contributed by atoms with van der Waals surface area (Å²) in [5.41, 5.74) is 8.64. The molecule has 0 radical (unpaired) electrons. The summed E-state index contributed by atoms with van der Waals surface area (Å²) in [5, 5.41) is 2.35. The Hall–Kier alpha value is -2.13. The van der Waals surface area contributed by atoms with Gasteiger partial charge in [0, 0.05) is 10.6 Å². The molecule has 3 aromatic carbocycles. The Bertz CT molecular complexity index is 821. The van der Waals surface area contributed by atoms with Crippen molar-refractivity contribution in [2.75, 3.05) is 5.73 Å². The fourth-order valence-electron chi connectivity index (χ4n) is 2.43. The molecule has 0 amide bonds. The molecule has 2 nitrogen and oxygen atoms in total. The van der Waals surface area contributed by atoms with Crippen LogP contribution in [0.1, 0.15) is 11.1 Å².